The van der Waals surface area contributed by atoms with E-state index in [0.29, 0.717) is 13.0 Å². The highest BCUT2D eigenvalue weighted by Gasteiger charge is 2.36. The number of likely N-dealkylation sites (tertiary alicyclic amines) is 2. The zero-order valence-electron chi connectivity index (χ0n) is 17.5. The summed E-state index contributed by atoms with van der Waals surface area (Å²) in [6, 6.07) is 5.92. The Hall–Kier alpha value is -1.95. The van der Waals surface area contributed by atoms with Gasteiger partial charge in [0.05, 0.1) is 5.69 Å². The molecule has 0 saturated carbocycles. The summed E-state index contributed by atoms with van der Waals surface area (Å²) in [6.07, 6.45) is 5.90. The summed E-state index contributed by atoms with van der Waals surface area (Å²) in [5, 5.41) is 3.22. The lowest BCUT2D eigenvalue weighted by molar-refractivity contribution is -0.140. The molecule has 3 heterocycles. The molecule has 2 fully saturated rings. The van der Waals surface area contributed by atoms with Gasteiger partial charge in [-0.15, -0.1) is 0 Å². The highest BCUT2D eigenvalue weighted by Crippen LogP contribution is 2.25. The number of rotatable bonds is 5. The van der Waals surface area contributed by atoms with Gasteiger partial charge in [0.2, 0.25) is 11.8 Å². The van der Waals surface area contributed by atoms with Gasteiger partial charge in [-0.2, -0.15) is 0 Å². The van der Waals surface area contributed by atoms with Crippen molar-refractivity contribution in [2.24, 2.45) is 5.41 Å². The maximum atomic E-state index is 12.8. The maximum Gasteiger partial charge on any atom is 0.243 e. The number of aromatic nitrogens is 1. The summed E-state index contributed by atoms with van der Waals surface area (Å²) in [7, 11) is 0. The van der Waals surface area contributed by atoms with E-state index >= 15 is 0 Å². The molecule has 3 rings (SSSR count). The molecule has 1 aromatic heterocycles. The van der Waals surface area contributed by atoms with Crippen molar-refractivity contribution in [3.8, 4) is 0 Å². The fraction of sp³-hybridized carbons (Fsp3) is 0.682. The van der Waals surface area contributed by atoms with Gasteiger partial charge in [-0.1, -0.05) is 26.8 Å². The first kappa shape index (κ1) is 20.8. The molecule has 2 saturated heterocycles. The second-order valence-electron chi connectivity index (χ2n) is 9.36. The third kappa shape index (κ3) is 5.77. The molecule has 0 aromatic carbocycles. The maximum absolute atomic E-state index is 12.8. The molecule has 1 unspecified atom stereocenters. The Kier molecular flexibility index (Phi) is 6.70. The smallest absolute Gasteiger partial charge is 0.243 e. The number of nitrogens with zero attached hydrogens (tertiary/aromatic N) is 3. The Balaban J connectivity index is 1.46. The van der Waals surface area contributed by atoms with Gasteiger partial charge >= 0.3 is 0 Å². The number of nitrogens with one attached hydrogen (secondary N) is 1. The van der Waals surface area contributed by atoms with Crippen LogP contribution in [0.3, 0.4) is 0 Å². The third-order valence-electron chi connectivity index (χ3n) is 5.60. The first-order chi connectivity index (χ1) is 13.3. The van der Waals surface area contributed by atoms with Crippen LogP contribution < -0.4 is 5.32 Å². The first-order valence-corrected chi connectivity index (χ1v) is 10.5. The molecule has 0 bridgehead atoms. The number of pyridine rings is 1. The Morgan fingerprint density at radius 2 is 1.89 bits per heavy atom. The van der Waals surface area contributed by atoms with E-state index in [4.69, 9.17) is 0 Å². The molecule has 2 amide bonds. The number of carbonyl (C=O) groups is 2. The minimum atomic E-state index is -0.290. The third-order valence-corrected chi connectivity index (χ3v) is 5.60. The minimum Gasteiger partial charge on any atom is -0.351 e. The molecule has 28 heavy (non-hydrogen) atoms. The van der Waals surface area contributed by atoms with E-state index in [1.165, 1.54) is 0 Å². The Bertz CT molecular complexity index is 663. The van der Waals surface area contributed by atoms with Gasteiger partial charge in [-0.25, -0.2) is 0 Å². The van der Waals surface area contributed by atoms with Crippen molar-refractivity contribution in [2.75, 3.05) is 19.6 Å². The van der Waals surface area contributed by atoms with E-state index in [-0.39, 0.29) is 29.3 Å². The van der Waals surface area contributed by atoms with Crippen molar-refractivity contribution in [1.82, 2.24) is 20.1 Å². The molecule has 2 aliphatic heterocycles. The van der Waals surface area contributed by atoms with E-state index in [1.807, 2.05) is 18.3 Å². The molecule has 1 aromatic rings. The predicted octanol–water partition coefficient (Wildman–Crippen LogP) is 2.59. The molecule has 6 nitrogen and oxygen atoms in total. The molecule has 0 radical (unpaired) electrons. The molecular weight excluding hydrogens is 352 g/mol. The van der Waals surface area contributed by atoms with Crippen LogP contribution in [0, 0.1) is 5.41 Å². The molecule has 0 aliphatic carbocycles. The van der Waals surface area contributed by atoms with E-state index in [9.17, 15) is 9.59 Å². The number of amides is 2. The Morgan fingerprint density at radius 1 is 1.14 bits per heavy atom. The van der Waals surface area contributed by atoms with Crippen molar-refractivity contribution in [3.63, 3.8) is 0 Å². The van der Waals surface area contributed by atoms with Gasteiger partial charge in [0.15, 0.2) is 0 Å². The largest absolute Gasteiger partial charge is 0.351 e. The van der Waals surface area contributed by atoms with Crippen LogP contribution in [0.15, 0.2) is 24.4 Å². The quantitative estimate of drug-likeness (QED) is 0.845. The summed E-state index contributed by atoms with van der Waals surface area (Å²) in [5.74, 6) is 0.137. The highest BCUT2D eigenvalue weighted by molar-refractivity contribution is 5.88. The van der Waals surface area contributed by atoms with Gasteiger partial charge < -0.3 is 10.2 Å². The SMILES string of the molecule is CC(C)(C)CC(=O)N1CCCC1C(=O)NC1CCN(Cc2ccccn2)CC1. The molecule has 0 spiro atoms. The lowest BCUT2D eigenvalue weighted by Crippen LogP contribution is -2.51. The van der Waals surface area contributed by atoms with E-state index in [2.05, 4.69) is 42.0 Å². The lowest BCUT2D eigenvalue weighted by atomic mass is 9.91. The zero-order valence-corrected chi connectivity index (χ0v) is 17.5. The summed E-state index contributed by atoms with van der Waals surface area (Å²) < 4.78 is 0. The molecule has 1 atom stereocenters. The Labute approximate surface area is 168 Å². The molecular formula is C22H34N4O2. The van der Waals surface area contributed by atoms with Crippen molar-refractivity contribution >= 4 is 11.8 Å². The van der Waals surface area contributed by atoms with E-state index in [0.717, 1.165) is 51.0 Å². The van der Waals surface area contributed by atoms with Crippen molar-refractivity contribution in [3.05, 3.63) is 30.1 Å². The van der Waals surface area contributed by atoms with Crippen molar-refractivity contribution in [2.45, 2.75) is 71.5 Å². The molecule has 6 heteroatoms. The predicted molar refractivity (Wildman–Crippen MR) is 109 cm³/mol. The summed E-state index contributed by atoms with van der Waals surface area (Å²) in [6.45, 7) is 9.67. The van der Waals surface area contributed by atoms with Crippen LogP contribution in [0.1, 0.15) is 58.6 Å². The summed E-state index contributed by atoms with van der Waals surface area (Å²) in [4.78, 5) is 34.0. The van der Waals surface area contributed by atoms with Crippen LogP contribution >= 0.6 is 0 Å². The normalized spacial score (nSPS) is 21.7. The number of carbonyl (C=O) groups excluding carboxylic acids is 2. The van der Waals surface area contributed by atoms with Crippen molar-refractivity contribution in [1.29, 1.82) is 0 Å². The fourth-order valence-electron chi connectivity index (χ4n) is 4.15. The van der Waals surface area contributed by atoms with Crippen LogP contribution in [0.4, 0.5) is 0 Å². The fourth-order valence-corrected chi connectivity index (χ4v) is 4.15. The lowest BCUT2D eigenvalue weighted by Gasteiger charge is -2.34. The second-order valence-corrected chi connectivity index (χ2v) is 9.36. The van der Waals surface area contributed by atoms with Gasteiger partial charge in [-0.3, -0.25) is 19.5 Å². The first-order valence-electron chi connectivity index (χ1n) is 10.5. The van der Waals surface area contributed by atoms with E-state index < -0.39 is 0 Å². The average molecular weight is 387 g/mol. The summed E-state index contributed by atoms with van der Waals surface area (Å²) in [5.41, 5.74) is 1.03. The number of hydrogen-bond acceptors (Lipinski definition) is 4. The average Bonchev–Trinajstić information content (AvgIpc) is 3.13. The van der Waals surface area contributed by atoms with Crippen LogP contribution in [0.5, 0.6) is 0 Å². The van der Waals surface area contributed by atoms with Gasteiger partial charge in [-0.05, 0) is 43.2 Å². The van der Waals surface area contributed by atoms with Crippen LogP contribution in [0.25, 0.3) is 0 Å². The Morgan fingerprint density at radius 3 is 2.54 bits per heavy atom. The number of piperidine rings is 1. The van der Waals surface area contributed by atoms with Gasteiger partial charge in [0.1, 0.15) is 6.04 Å². The highest BCUT2D eigenvalue weighted by atomic mass is 16.2. The standard InChI is InChI=1S/C22H34N4O2/c1-22(2,3)15-20(27)26-12-6-8-19(26)21(28)24-17-9-13-25(14-10-17)16-18-7-4-5-11-23-18/h4-5,7,11,17,19H,6,8-10,12-16H2,1-3H3,(H,24,28). The zero-order chi connectivity index (χ0) is 20.1. The van der Waals surface area contributed by atoms with E-state index in [1.54, 1.807) is 4.90 Å². The minimum absolute atomic E-state index is 0.0305. The van der Waals surface area contributed by atoms with Crippen LogP contribution in [-0.2, 0) is 16.1 Å². The molecule has 154 valence electrons. The molecule has 2 aliphatic rings. The van der Waals surface area contributed by atoms with Crippen LogP contribution in [-0.4, -0.2) is 58.3 Å². The second kappa shape index (κ2) is 9.03. The van der Waals surface area contributed by atoms with Gasteiger partial charge in [0.25, 0.3) is 0 Å². The van der Waals surface area contributed by atoms with Crippen LogP contribution in [0.2, 0.25) is 0 Å². The van der Waals surface area contributed by atoms with Crippen molar-refractivity contribution < 1.29 is 9.59 Å². The monoisotopic (exact) mass is 386 g/mol. The summed E-state index contributed by atoms with van der Waals surface area (Å²) >= 11 is 0. The molecule has 1 N–H and O–H groups in total. The van der Waals surface area contributed by atoms with Gasteiger partial charge in [0, 0.05) is 44.8 Å². The number of hydrogen-bond donors (Lipinski definition) is 1. The topological polar surface area (TPSA) is 65.5 Å².